The Kier molecular flexibility index (Phi) is 6.94. The quantitative estimate of drug-likeness (QED) is 0.343. The number of hydrogen-bond acceptors (Lipinski definition) is 7. The van der Waals surface area contributed by atoms with Crippen molar-refractivity contribution in [3.05, 3.63) is 80.9 Å². The van der Waals surface area contributed by atoms with Gasteiger partial charge in [-0.1, -0.05) is 29.8 Å². The predicted molar refractivity (Wildman–Crippen MR) is 117 cm³/mol. The standard InChI is InChI=1S/C21H17ClN4O7/c22-13-6-2-1-4-11(13)10-26-20(32)15(18(30)24-9-14(27)28)17(29)16(21(26)33)19(31)25-12-5-3-7-23-8-12/h1-8,29,32H,9-10H2,(H,24,30)(H,25,31)(H,27,28). The van der Waals surface area contributed by atoms with Gasteiger partial charge in [0.15, 0.2) is 5.75 Å². The molecule has 2 aromatic heterocycles. The third-order valence-corrected chi connectivity index (χ3v) is 4.84. The molecule has 3 aromatic rings. The maximum Gasteiger partial charge on any atom is 0.322 e. The van der Waals surface area contributed by atoms with Crippen molar-refractivity contribution in [2.24, 2.45) is 0 Å². The number of nitrogens with one attached hydrogen (secondary N) is 2. The zero-order valence-electron chi connectivity index (χ0n) is 16.8. The van der Waals surface area contributed by atoms with Crippen LogP contribution in [0, 0.1) is 0 Å². The molecule has 0 fully saturated rings. The van der Waals surface area contributed by atoms with Gasteiger partial charge >= 0.3 is 5.97 Å². The van der Waals surface area contributed by atoms with Crippen molar-refractivity contribution in [1.82, 2.24) is 14.9 Å². The highest BCUT2D eigenvalue weighted by Gasteiger charge is 2.30. The molecule has 2 amide bonds. The topological polar surface area (TPSA) is 171 Å². The van der Waals surface area contributed by atoms with Crippen LogP contribution < -0.4 is 16.2 Å². The Morgan fingerprint density at radius 1 is 1.03 bits per heavy atom. The number of carboxylic acid groups (broad SMARTS) is 1. The molecule has 0 saturated carbocycles. The number of pyridine rings is 2. The molecule has 0 aliphatic rings. The maximum absolute atomic E-state index is 13.1. The molecule has 0 bridgehead atoms. The van der Waals surface area contributed by atoms with E-state index in [-0.39, 0.29) is 17.3 Å². The van der Waals surface area contributed by atoms with Gasteiger partial charge in [0.2, 0.25) is 5.88 Å². The fourth-order valence-corrected chi connectivity index (χ4v) is 3.13. The summed E-state index contributed by atoms with van der Waals surface area (Å²) in [6, 6.07) is 9.36. The fourth-order valence-electron chi connectivity index (χ4n) is 2.93. The van der Waals surface area contributed by atoms with E-state index < -0.39 is 52.6 Å². The minimum atomic E-state index is -1.39. The van der Waals surface area contributed by atoms with Crippen molar-refractivity contribution in [2.75, 3.05) is 11.9 Å². The summed E-state index contributed by atoms with van der Waals surface area (Å²) in [5.41, 5.74) is -2.23. The van der Waals surface area contributed by atoms with Gasteiger partial charge in [-0.3, -0.25) is 28.7 Å². The zero-order valence-corrected chi connectivity index (χ0v) is 17.5. The molecule has 0 aliphatic heterocycles. The van der Waals surface area contributed by atoms with Crippen molar-refractivity contribution in [1.29, 1.82) is 0 Å². The highest BCUT2D eigenvalue weighted by atomic mass is 35.5. The molecule has 5 N–H and O–H groups in total. The van der Waals surface area contributed by atoms with Gasteiger partial charge < -0.3 is 26.0 Å². The van der Waals surface area contributed by atoms with Crippen molar-refractivity contribution >= 4 is 35.1 Å². The minimum Gasteiger partial charge on any atom is -0.506 e. The number of carbonyl (C=O) groups is 3. The van der Waals surface area contributed by atoms with Gasteiger partial charge in [0.05, 0.1) is 18.4 Å². The molecule has 0 spiro atoms. The summed E-state index contributed by atoms with van der Waals surface area (Å²) in [6.45, 7) is -1.18. The van der Waals surface area contributed by atoms with Gasteiger partial charge in [0, 0.05) is 11.2 Å². The Bertz CT molecular complexity index is 1290. The van der Waals surface area contributed by atoms with Gasteiger partial charge in [-0.2, -0.15) is 0 Å². The lowest BCUT2D eigenvalue weighted by molar-refractivity contribution is -0.135. The molecule has 0 saturated heterocycles. The molecule has 2 heterocycles. The second-order valence-electron chi connectivity index (χ2n) is 6.68. The first-order chi connectivity index (χ1) is 15.7. The summed E-state index contributed by atoms with van der Waals surface area (Å²) < 4.78 is 0.675. The Labute approximate surface area is 190 Å². The van der Waals surface area contributed by atoms with E-state index in [0.29, 0.717) is 10.1 Å². The van der Waals surface area contributed by atoms with Crippen LogP contribution >= 0.6 is 11.6 Å². The molecule has 12 heteroatoms. The smallest absolute Gasteiger partial charge is 0.322 e. The average Bonchev–Trinajstić information content (AvgIpc) is 2.77. The van der Waals surface area contributed by atoms with E-state index in [9.17, 15) is 29.4 Å². The van der Waals surface area contributed by atoms with Gasteiger partial charge in [-0.25, -0.2) is 0 Å². The van der Waals surface area contributed by atoms with Crippen molar-refractivity contribution < 1.29 is 29.7 Å². The van der Waals surface area contributed by atoms with Gasteiger partial charge in [0.25, 0.3) is 17.4 Å². The lowest BCUT2D eigenvalue weighted by Gasteiger charge is -2.17. The third-order valence-electron chi connectivity index (χ3n) is 4.47. The Morgan fingerprint density at radius 3 is 2.39 bits per heavy atom. The number of aliphatic carboxylic acids is 1. The third kappa shape index (κ3) is 5.10. The second-order valence-corrected chi connectivity index (χ2v) is 7.08. The summed E-state index contributed by atoms with van der Waals surface area (Å²) in [7, 11) is 0. The number of rotatable bonds is 7. The Morgan fingerprint density at radius 2 is 1.76 bits per heavy atom. The summed E-state index contributed by atoms with van der Waals surface area (Å²) in [6.07, 6.45) is 2.74. The molecule has 0 radical (unpaired) electrons. The fraction of sp³-hybridized carbons (Fsp3) is 0.0952. The second kappa shape index (κ2) is 9.83. The summed E-state index contributed by atoms with van der Waals surface area (Å²) in [5.74, 6) is -5.77. The SMILES string of the molecule is O=C(O)CNC(=O)c1c(O)c(C(=O)Nc2cccnc2)c(=O)n(Cc2ccccc2Cl)c1O. The molecule has 0 aliphatic carbocycles. The Hall–Kier alpha value is -4.38. The van der Waals surface area contributed by atoms with Crippen molar-refractivity contribution in [3.8, 4) is 11.6 Å². The molecule has 1 aromatic carbocycles. The lowest BCUT2D eigenvalue weighted by atomic mass is 10.1. The number of benzene rings is 1. The van der Waals surface area contributed by atoms with Gasteiger partial charge in [0.1, 0.15) is 17.7 Å². The summed E-state index contributed by atoms with van der Waals surface area (Å²) in [4.78, 5) is 53.1. The van der Waals surface area contributed by atoms with Gasteiger partial charge in [-0.15, -0.1) is 0 Å². The van der Waals surface area contributed by atoms with Crippen LogP contribution in [0.25, 0.3) is 0 Å². The first-order valence-corrected chi connectivity index (χ1v) is 9.72. The number of halogens is 1. The highest BCUT2D eigenvalue weighted by Crippen LogP contribution is 2.30. The predicted octanol–water partition coefficient (Wildman–Crippen LogP) is 1.42. The van der Waals surface area contributed by atoms with Crippen LogP contribution in [0.3, 0.4) is 0 Å². The highest BCUT2D eigenvalue weighted by molar-refractivity contribution is 6.31. The average molecular weight is 473 g/mol. The zero-order chi connectivity index (χ0) is 24.1. The van der Waals surface area contributed by atoms with Crippen molar-refractivity contribution in [3.63, 3.8) is 0 Å². The number of aromatic hydroxyl groups is 2. The molecule has 0 unspecified atom stereocenters. The molecular weight excluding hydrogens is 456 g/mol. The van der Waals surface area contributed by atoms with Crippen LogP contribution in [0.1, 0.15) is 26.3 Å². The van der Waals surface area contributed by atoms with Crippen LogP contribution in [0.5, 0.6) is 11.6 Å². The largest absolute Gasteiger partial charge is 0.506 e. The Balaban J connectivity index is 2.16. The van der Waals surface area contributed by atoms with Crippen molar-refractivity contribution in [2.45, 2.75) is 6.54 Å². The van der Waals surface area contributed by atoms with Crippen LogP contribution in [-0.4, -0.2) is 49.2 Å². The maximum atomic E-state index is 13.1. The van der Waals surface area contributed by atoms with E-state index in [4.69, 9.17) is 16.7 Å². The van der Waals surface area contributed by atoms with E-state index in [1.165, 1.54) is 30.6 Å². The number of carboxylic acids is 1. The molecule has 0 atom stereocenters. The van der Waals surface area contributed by atoms with E-state index in [2.05, 4.69) is 10.3 Å². The van der Waals surface area contributed by atoms with Crippen LogP contribution in [0.2, 0.25) is 5.02 Å². The first-order valence-electron chi connectivity index (χ1n) is 9.34. The molecule has 33 heavy (non-hydrogen) atoms. The first kappa shape index (κ1) is 23.3. The number of amides is 2. The minimum absolute atomic E-state index is 0.198. The number of carbonyl (C=O) groups excluding carboxylic acids is 2. The molecule has 170 valence electrons. The van der Waals surface area contributed by atoms with Crippen LogP contribution in [-0.2, 0) is 11.3 Å². The van der Waals surface area contributed by atoms with Crippen LogP contribution in [0.15, 0.2) is 53.6 Å². The molecular formula is C21H17ClN4O7. The van der Waals surface area contributed by atoms with E-state index in [1.54, 1.807) is 18.2 Å². The summed E-state index contributed by atoms with van der Waals surface area (Å²) in [5, 5.41) is 34.6. The molecule has 11 nitrogen and oxygen atoms in total. The number of hydrogen-bond donors (Lipinski definition) is 5. The van der Waals surface area contributed by atoms with Gasteiger partial charge in [-0.05, 0) is 23.8 Å². The van der Waals surface area contributed by atoms with E-state index in [1.807, 2.05) is 5.32 Å². The number of anilines is 1. The van der Waals surface area contributed by atoms with E-state index >= 15 is 0 Å². The molecule has 3 rings (SSSR count). The summed E-state index contributed by atoms with van der Waals surface area (Å²) >= 11 is 6.13. The number of aromatic nitrogens is 2. The van der Waals surface area contributed by atoms with Crippen LogP contribution in [0.4, 0.5) is 5.69 Å². The normalized spacial score (nSPS) is 10.5. The number of nitrogens with zero attached hydrogens (tertiary/aromatic N) is 2. The monoisotopic (exact) mass is 472 g/mol. The lowest BCUT2D eigenvalue weighted by Crippen LogP contribution is -2.34. The van der Waals surface area contributed by atoms with E-state index in [0.717, 1.165) is 0 Å².